The first kappa shape index (κ1) is 15.4. The summed E-state index contributed by atoms with van der Waals surface area (Å²) in [6, 6.07) is 12.6. The van der Waals surface area contributed by atoms with E-state index in [2.05, 4.69) is 15.9 Å². The van der Waals surface area contributed by atoms with Crippen LogP contribution in [0.2, 0.25) is 10.0 Å². The van der Waals surface area contributed by atoms with Crippen LogP contribution < -0.4 is 0 Å². The molecule has 0 aromatic heterocycles. The van der Waals surface area contributed by atoms with Gasteiger partial charge in [-0.15, -0.1) is 0 Å². The maximum absolute atomic E-state index is 12.4. The normalized spacial score (nSPS) is 10.4. The first-order valence-corrected chi connectivity index (χ1v) is 7.47. The molecular formula is C15H12BrCl2NO. The summed E-state index contributed by atoms with van der Waals surface area (Å²) in [5, 5.41) is 1.22. The van der Waals surface area contributed by atoms with Crippen LogP contribution in [0.1, 0.15) is 15.9 Å². The molecule has 5 heteroatoms. The van der Waals surface area contributed by atoms with Gasteiger partial charge in [-0.25, -0.2) is 0 Å². The first-order valence-electron chi connectivity index (χ1n) is 5.92. The molecule has 0 atom stereocenters. The molecule has 20 heavy (non-hydrogen) atoms. The molecule has 0 heterocycles. The van der Waals surface area contributed by atoms with Crippen molar-refractivity contribution in [3.05, 3.63) is 68.1 Å². The standard InChI is InChI=1S/C15H12BrCl2NO/c1-19(9-10-2-4-11(17)5-3-10)15(20)13-8-12(18)6-7-14(13)16/h2-8H,9H2,1H3. The summed E-state index contributed by atoms with van der Waals surface area (Å²) in [6.07, 6.45) is 0. The van der Waals surface area contributed by atoms with E-state index in [9.17, 15) is 4.79 Å². The Bertz CT molecular complexity index is 628. The summed E-state index contributed by atoms with van der Waals surface area (Å²) in [6.45, 7) is 0.509. The third-order valence-electron chi connectivity index (χ3n) is 2.84. The van der Waals surface area contributed by atoms with Crippen molar-refractivity contribution in [2.45, 2.75) is 6.54 Å². The number of halogens is 3. The van der Waals surface area contributed by atoms with Gasteiger partial charge in [0.2, 0.25) is 0 Å². The van der Waals surface area contributed by atoms with E-state index in [1.165, 1.54) is 0 Å². The quantitative estimate of drug-likeness (QED) is 0.739. The minimum absolute atomic E-state index is 0.0886. The SMILES string of the molecule is CN(Cc1ccc(Cl)cc1)C(=O)c1cc(Cl)ccc1Br. The third-order valence-corrected chi connectivity index (χ3v) is 4.02. The molecule has 0 aliphatic carbocycles. The lowest BCUT2D eigenvalue weighted by molar-refractivity contribution is 0.0784. The molecule has 104 valence electrons. The number of rotatable bonds is 3. The number of nitrogens with zero attached hydrogens (tertiary/aromatic N) is 1. The summed E-state index contributed by atoms with van der Waals surface area (Å²) in [7, 11) is 1.75. The van der Waals surface area contributed by atoms with Gasteiger partial charge in [-0.3, -0.25) is 4.79 Å². The van der Waals surface area contributed by atoms with Crippen molar-refractivity contribution in [1.82, 2.24) is 4.90 Å². The number of carbonyl (C=O) groups is 1. The Labute approximate surface area is 136 Å². The third kappa shape index (κ3) is 3.75. The van der Waals surface area contributed by atoms with Crippen LogP contribution in [0.4, 0.5) is 0 Å². The highest BCUT2D eigenvalue weighted by atomic mass is 79.9. The second kappa shape index (κ2) is 6.61. The minimum Gasteiger partial charge on any atom is -0.337 e. The highest BCUT2D eigenvalue weighted by molar-refractivity contribution is 9.10. The van der Waals surface area contributed by atoms with Gasteiger partial charge in [0.1, 0.15) is 0 Å². The Morgan fingerprint density at radius 1 is 1.10 bits per heavy atom. The van der Waals surface area contributed by atoms with Gasteiger partial charge in [-0.05, 0) is 51.8 Å². The van der Waals surface area contributed by atoms with Gasteiger partial charge in [0.15, 0.2) is 0 Å². The molecule has 2 aromatic rings. The van der Waals surface area contributed by atoms with E-state index < -0.39 is 0 Å². The maximum atomic E-state index is 12.4. The van der Waals surface area contributed by atoms with Crippen LogP contribution >= 0.6 is 39.1 Å². The molecule has 0 aliphatic rings. The lowest BCUT2D eigenvalue weighted by Crippen LogP contribution is -2.26. The molecule has 0 saturated heterocycles. The van der Waals surface area contributed by atoms with Crippen molar-refractivity contribution in [3.8, 4) is 0 Å². The summed E-state index contributed by atoms with van der Waals surface area (Å²) in [4.78, 5) is 14.0. The molecule has 1 amide bonds. The van der Waals surface area contributed by atoms with Crippen LogP contribution in [-0.2, 0) is 6.54 Å². The molecule has 2 rings (SSSR count). The lowest BCUT2D eigenvalue weighted by atomic mass is 10.1. The van der Waals surface area contributed by atoms with Crippen molar-refractivity contribution in [1.29, 1.82) is 0 Å². The molecule has 0 unspecified atom stereocenters. The molecule has 0 spiro atoms. The van der Waals surface area contributed by atoms with Crippen molar-refractivity contribution in [3.63, 3.8) is 0 Å². The van der Waals surface area contributed by atoms with Crippen LogP contribution in [0.15, 0.2) is 46.9 Å². The fraction of sp³-hybridized carbons (Fsp3) is 0.133. The van der Waals surface area contributed by atoms with Gasteiger partial charge < -0.3 is 4.90 Å². The van der Waals surface area contributed by atoms with Gasteiger partial charge in [-0.2, -0.15) is 0 Å². The molecule has 2 aromatic carbocycles. The molecule has 2 nitrogen and oxygen atoms in total. The molecule has 0 N–H and O–H groups in total. The Morgan fingerprint density at radius 2 is 1.70 bits per heavy atom. The molecule has 0 saturated carbocycles. The monoisotopic (exact) mass is 371 g/mol. The number of amides is 1. The Hall–Kier alpha value is -1.03. The lowest BCUT2D eigenvalue weighted by Gasteiger charge is -2.18. The van der Waals surface area contributed by atoms with Crippen molar-refractivity contribution in [2.75, 3.05) is 7.05 Å². The van der Waals surface area contributed by atoms with Crippen LogP contribution in [0.25, 0.3) is 0 Å². The molecule has 0 fully saturated rings. The molecule has 0 bridgehead atoms. The topological polar surface area (TPSA) is 20.3 Å². The number of benzene rings is 2. The fourth-order valence-corrected chi connectivity index (χ4v) is 2.52. The Balaban J connectivity index is 2.16. The van der Waals surface area contributed by atoms with Crippen LogP contribution in [0.5, 0.6) is 0 Å². The van der Waals surface area contributed by atoms with Crippen molar-refractivity contribution >= 4 is 45.0 Å². The molecular weight excluding hydrogens is 361 g/mol. The van der Waals surface area contributed by atoms with E-state index in [4.69, 9.17) is 23.2 Å². The number of carbonyl (C=O) groups excluding carboxylic acids is 1. The Morgan fingerprint density at radius 3 is 2.35 bits per heavy atom. The van der Waals surface area contributed by atoms with Crippen molar-refractivity contribution < 1.29 is 4.79 Å². The van der Waals surface area contributed by atoms with E-state index >= 15 is 0 Å². The van der Waals surface area contributed by atoms with Gasteiger partial charge in [-0.1, -0.05) is 35.3 Å². The summed E-state index contributed by atoms with van der Waals surface area (Å²) < 4.78 is 0.731. The largest absolute Gasteiger partial charge is 0.337 e. The second-order valence-corrected chi connectivity index (χ2v) is 6.14. The second-order valence-electron chi connectivity index (χ2n) is 4.41. The number of hydrogen-bond donors (Lipinski definition) is 0. The summed E-state index contributed by atoms with van der Waals surface area (Å²) in [5.74, 6) is -0.0886. The number of hydrogen-bond acceptors (Lipinski definition) is 1. The zero-order chi connectivity index (χ0) is 14.7. The average molecular weight is 373 g/mol. The van der Waals surface area contributed by atoms with Gasteiger partial charge in [0, 0.05) is 28.1 Å². The van der Waals surface area contributed by atoms with Crippen LogP contribution in [0.3, 0.4) is 0 Å². The average Bonchev–Trinajstić information content (AvgIpc) is 2.43. The smallest absolute Gasteiger partial charge is 0.255 e. The zero-order valence-electron chi connectivity index (χ0n) is 10.7. The van der Waals surface area contributed by atoms with Crippen LogP contribution in [0, 0.1) is 0 Å². The minimum atomic E-state index is -0.0886. The van der Waals surface area contributed by atoms with Crippen molar-refractivity contribution in [2.24, 2.45) is 0 Å². The van der Waals surface area contributed by atoms with E-state index in [-0.39, 0.29) is 5.91 Å². The predicted octanol–water partition coefficient (Wildman–Crippen LogP) is 5.03. The summed E-state index contributed by atoms with van der Waals surface area (Å²) >= 11 is 15.2. The van der Waals surface area contributed by atoms with E-state index in [1.54, 1.807) is 30.1 Å². The first-order chi connectivity index (χ1) is 9.47. The highest BCUT2D eigenvalue weighted by Gasteiger charge is 2.15. The van der Waals surface area contributed by atoms with E-state index in [1.807, 2.05) is 24.3 Å². The zero-order valence-corrected chi connectivity index (χ0v) is 13.8. The highest BCUT2D eigenvalue weighted by Crippen LogP contribution is 2.23. The van der Waals surface area contributed by atoms with Crippen LogP contribution in [-0.4, -0.2) is 17.9 Å². The summed E-state index contributed by atoms with van der Waals surface area (Å²) in [5.41, 5.74) is 1.57. The predicted molar refractivity (Wildman–Crippen MR) is 86.4 cm³/mol. The molecule has 0 radical (unpaired) electrons. The maximum Gasteiger partial charge on any atom is 0.255 e. The van der Waals surface area contributed by atoms with Gasteiger partial charge >= 0.3 is 0 Å². The Kier molecular flexibility index (Phi) is 5.08. The van der Waals surface area contributed by atoms with E-state index in [0.29, 0.717) is 22.2 Å². The molecule has 0 aliphatic heterocycles. The fourth-order valence-electron chi connectivity index (χ4n) is 1.80. The van der Waals surface area contributed by atoms with Gasteiger partial charge in [0.05, 0.1) is 5.56 Å². The van der Waals surface area contributed by atoms with Gasteiger partial charge in [0.25, 0.3) is 5.91 Å². The van der Waals surface area contributed by atoms with E-state index in [0.717, 1.165) is 10.0 Å².